The molecule has 15 saturated carbocycles. The Morgan fingerprint density at radius 1 is 0.130 bits per heavy atom. The van der Waals surface area contributed by atoms with E-state index in [1.807, 2.05) is 0 Å². The second-order valence-electron chi connectivity index (χ2n) is 41.4. The summed E-state index contributed by atoms with van der Waals surface area (Å²) in [4.78, 5) is 0. The molecule has 0 aromatic heterocycles. The van der Waals surface area contributed by atoms with E-state index < -0.39 is 0 Å². The molecule has 599 valence electrons. The summed E-state index contributed by atoms with van der Waals surface area (Å²) in [5, 5.41) is 0. The number of hydrogen-bond donors (Lipinski definition) is 0. The van der Waals surface area contributed by atoms with E-state index in [1.54, 1.807) is 180 Å². The third-order valence-electron chi connectivity index (χ3n) is 23.6. The summed E-state index contributed by atoms with van der Waals surface area (Å²) in [6.45, 7) is 59.9. The number of rotatable bonds is 0. The van der Waals surface area contributed by atoms with E-state index in [0.717, 1.165) is 47.3 Å². The minimum atomic E-state index is 0. The summed E-state index contributed by atoms with van der Waals surface area (Å²) < 4.78 is 0. The van der Waals surface area contributed by atoms with Crippen molar-refractivity contribution < 1.29 is 32.7 Å². The molecule has 0 nitrogen and oxygen atoms in total. The van der Waals surface area contributed by atoms with Gasteiger partial charge in [0.25, 0.3) is 0 Å². The molecule has 10 unspecified atom stereocenters. The third-order valence-corrected chi connectivity index (χ3v) is 23.6. The molecule has 15 rings (SSSR count). The van der Waals surface area contributed by atoms with Gasteiger partial charge in [-0.05, 0) is 130 Å². The van der Waals surface area contributed by atoms with Crippen molar-refractivity contribution in [1.82, 2.24) is 0 Å². The van der Waals surface area contributed by atoms with Crippen LogP contribution in [0.25, 0.3) is 0 Å². The molecule has 0 saturated heterocycles. The van der Waals surface area contributed by atoms with E-state index >= 15 is 0 Å². The maximum atomic E-state index is 3.96. The third kappa shape index (κ3) is 59.0. The van der Waals surface area contributed by atoms with Crippen LogP contribution in [0.5, 0.6) is 0 Å². The van der Waals surface area contributed by atoms with Crippen molar-refractivity contribution in [3.63, 3.8) is 0 Å². The van der Waals surface area contributed by atoms with Crippen molar-refractivity contribution in [3.8, 4) is 0 Å². The van der Waals surface area contributed by atoms with Crippen LogP contribution in [0.4, 0.5) is 0 Å². The Bertz CT molecular complexity index is 1300. The summed E-state index contributed by atoms with van der Waals surface area (Å²) in [5.74, 6) is 24.4. The molecule has 0 N–H and O–H groups in total. The normalized spacial score (nSPS) is 32.0. The monoisotopic (exact) mass is 1480 g/mol. The first kappa shape index (κ1) is 103. The molecule has 15 aliphatic carbocycles. The topological polar surface area (TPSA) is 0 Å². The van der Waals surface area contributed by atoms with Gasteiger partial charge in [0.1, 0.15) is 0 Å². The molecule has 1 heteroatoms. The predicted octanol–water partition coefficient (Wildman–Crippen LogP) is 35.0. The first-order chi connectivity index (χ1) is 46.9. The van der Waals surface area contributed by atoms with Gasteiger partial charge in [0.2, 0.25) is 0 Å². The largest absolute Gasteiger partial charge is 0.342 e. The molecule has 0 amide bonds. The van der Waals surface area contributed by atoms with Crippen LogP contribution in [0, 0.1) is 156 Å². The van der Waals surface area contributed by atoms with E-state index in [4.69, 9.17) is 0 Å². The van der Waals surface area contributed by atoms with Gasteiger partial charge in [0.05, 0.1) is 0 Å². The van der Waals surface area contributed by atoms with Crippen molar-refractivity contribution in [2.75, 3.05) is 0 Å². The fourth-order valence-electron chi connectivity index (χ4n) is 19.4. The molecule has 0 spiro atoms. The zero-order valence-electron chi connectivity index (χ0n) is 74.5. The Morgan fingerprint density at radius 2 is 0.190 bits per heavy atom. The first-order valence-corrected chi connectivity index (χ1v) is 46.6. The zero-order valence-corrected chi connectivity index (χ0v) is 77.3. The molecule has 0 aromatic rings. The molecule has 0 aliphatic heterocycles. The molecule has 0 bridgehead atoms. The van der Waals surface area contributed by atoms with Crippen LogP contribution >= 0.6 is 0 Å². The van der Waals surface area contributed by atoms with E-state index in [9.17, 15) is 0 Å². The van der Waals surface area contributed by atoms with Crippen LogP contribution in [0.1, 0.15) is 481 Å². The quantitative estimate of drug-likeness (QED) is 0.212. The van der Waals surface area contributed by atoms with Crippen molar-refractivity contribution in [3.05, 3.63) is 13.8 Å². The average Bonchev–Trinajstić information content (AvgIpc) is 1.74. The standard InChI is InChI=1S/4C9H16.3C8H14.C7H12.8C4H10.Y/c4*1-2-5-9-7-3-6-8(9)4-1;3*1-3-7-5-2-6-8(7)4-1;1-6-4-3-5-7(6)2;8*1-4(2)3;/h4*8-9H,1-7H2;3*7-8H,1-6H2;6-7H,1-5H2;8*4H,1-3H3;/q;;;;;;;-2;;;;;;;;;. The van der Waals surface area contributed by atoms with Crippen LogP contribution in [-0.4, -0.2) is 0 Å². The summed E-state index contributed by atoms with van der Waals surface area (Å²) in [7, 11) is 0. The number of hydrogen-bond acceptors (Lipinski definition) is 0. The van der Waals surface area contributed by atoms with Gasteiger partial charge in [0.15, 0.2) is 0 Å². The Morgan fingerprint density at radius 3 is 0.250 bits per heavy atom. The van der Waals surface area contributed by atoms with Gasteiger partial charge in [-0.2, -0.15) is 11.8 Å². The van der Waals surface area contributed by atoms with Crippen LogP contribution in [0.15, 0.2) is 0 Å². The minimum absolute atomic E-state index is 0. The molecule has 0 heterocycles. The van der Waals surface area contributed by atoms with Crippen molar-refractivity contribution in [2.24, 2.45) is 142 Å². The van der Waals surface area contributed by atoms with Gasteiger partial charge < -0.3 is 13.8 Å². The van der Waals surface area contributed by atoms with Crippen LogP contribution in [0.3, 0.4) is 0 Å². The van der Waals surface area contributed by atoms with Crippen molar-refractivity contribution in [2.45, 2.75) is 481 Å². The summed E-state index contributed by atoms with van der Waals surface area (Å²) in [5.41, 5.74) is 0. The van der Waals surface area contributed by atoms with Gasteiger partial charge in [-0.1, -0.05) is 481 Å². The molecule has 0 aromatic carbocycles. The Labute approximate surface area is 664 Å². The Balaban J connectivity index is 0. The molecular formula is C99H198Y-2. The molecule has 10 atom stereocenters. The zero-order chi connectivity index (χ0) is 74.5. The SMILES string of the molecule is C1CC2CCCC2C1.C1CC2CCCC2C1.C1CC2CCCC2C1.C1CCC2CCCC2C1.C1CCC2CCCC2C1.C1CCC2CCCC2C1.C1CCC2CCCC2C1.CC(C)C.CC(C)C.CC(C)C.CC(C)C.CC(C)C.CC(C)C.CC(C)C.CC(C)C.[CH2-]C1CCCC1[CH2-].[Y]. The van der Waals surface area contributed by atoms with Gasteiger partial charge in [0, 0.05) is 32.7 Å². The van der Waals surface area contributed by atoms with E-state index in [2.05, 4.69) is 180 Å². The van der Waals surface area contributed by atoms with Gasteiger partial charge in [-0.15, -0.1) is 0 Å². The number of fused-ring (bicyclic) bond motifs is 7. The molecule has 1 radical (unpaired) electrons. The maximum Gasteiger partial charge on any atom is 0 e. The average molecular weight is 1480 g/mol. The second-order valence-corrected chi connectivity index (χ2v) is 41.4. The van der Waals surface area contributed by atoms with Crippen molar-refractivity contribution >= 4 is 0 Å². The first-order valence-electron chi connectivity index (χ1n) is 46.6. The van der Waals surface area contributed by atoms with Crippen LogP contribution < -0.4 is 0 Å². The Kier molecular flexibility index (Phi) is 68.0. The smallest absolute Gasteiger partial charge is 0 e. The molecular weight excluding hydrogens is 1280 g/mol. The molecule has 15 aliphatic rings. The fourth-order valence-corrected chi connectivity index (χ4v) is 19.4. The van der Waals surface area contributed by atoms with Gasteiger partial charge in [-0.25, -0.2) is 0 Å². The summed E-state index contributed by atoms with van der Waals surface area (Å²) in [6.07, 6.45) is 75.2. The van der Waals surface area contributed by atoms with E-state index in [0.29, 0.717) is 11.8 Å². The van der Waals surface area contributed by atoms with Crippen LogP contribution in [0.2, 0.25) is 0 Å². The van der Waals surface area contributed by atoms with E-state index in [-0.39, 0.29) is 32.7 Å². The fraction of sp³-hybridized carbons (Fsp3) is 0.980. The van der Waals surface area contributed by atoms with Gasteiger partial charge >= 0.3 is 0 Å². The van der Waals surface area contributed by atoms with Crippen molar-refractivity contribution in [1.29, 1.82) is 0 Å². The van der Waals surface area contributed by atoms with Gasteiger partial charge in [-0.3, -0.25) is 0 Å². The predicted molar refractivity (Wildman–Crippen MR) is 457 cm³/mol. The van der Waals surface area contributed by atoms with E-state index in [1.165, 1.54) is 218 Å². The second kappa shape index (κ2) is 65.9. The van der Waals surface area contributed by atoms with Crippen LogP contribution in [-0.2, 0) is 32.7 Å². The summed E-state index contributed by atoms with van der Waals surface area (Å²) in [6, 6.07) is 0. The molecule has 15 fully saturated rings. The summed E-state index contributed by atoms with van der Waals surface area (Å²) >= 11 is 0. The maximum absolute atomic E-state index is 3.96. The molecule has 100 heavy (non-hydrogen) atoms. The minimum Gasteiger partial charge on any atom is -0.342 e. The Hall–Kier alpha value is 1.10.